The Morgan fingerprint density at radius 2 is 2.09 bits per heavy atom. The van der Waals surface area contributed by atoms with Gasteiger partial charge in [0.15, 0.2) is 0 Å². The molecular formula is C16H16Cl2N2O3. The van der Waals surface area contributed by atoms with E-state index >= 15 is 0 Å². The van der Waals surface area contributed by atoms with Crippen LogP contribution in [-0.4, -0.2) is 18.6 Å². The number of amides is 2. The van der Waals surface area contributed by atoms with Crippen LogP contribution >= 0.6 is 23.2 Å². The number of allylic oxidation sites excluding steroid dienone is 2. The highest BCUT2D eigenvalue weighted by Gasteiger charge is 2.32. The molecule has 0 saturated heterocycles. The first-order chi connectivity index (χ1) is 10.9. The molecular weight excluding hydrogens is 339 g/mol. The van der Waals surface area contributed by atoms with E-state index in [9.17, 15) is 9.59 Å². The van der Waals surface area contributed by atoms with Gasteiger partial charge in [-0.1, -0.05) is 41.4 Å². The SMILES string of the molecule is C/C=C\COC(=O)C1=C(C)NC(=O)N[C@@H]1c1ccc(Cl)c(Cl)c1. The molecule has 0 fully saturated rings. The number of hydrogen-bond acceptors (Lipinski definition) is 3. The third kappa shape index (κ3) is 4.06. The second-order valence-electron chi connectivity index (χ2n) is 4.91. The number of halogens is 2. The van der Waals surface area contributed by atoms with Crippen molar-refractivity contribution in [2.75, 3.05) is 6.61 Å². The summed E-state index contributed by atoms with van der Waals surface area (Å²) in [6.07, 6.45) is 3.50. The number of carbonyl (C=O) groups is 2. The minimum atomic E-state index is -0.656. The quantitative estimate of drug-likeness (QED) is 0.639. The molecule has 0 aromatic heterocycles. The first-order valence-corrected chi connectivity index (χ1v) is 7.71. The van der Waals surface area contributed by atoms with Crippen LogP contribution in [0.25, 0.3) is 0 Å². The summed E-state index contributed by atoms with van der Waals surface area (Å²) in [5, 5.41) is 6.02. The predicted octanol–water partition coefficient (Wildman–Crippen LogP) is 3.74. The predicted molar refractivity (Wildman–Crippen MR) is 89.3 cm³/mol. The molecule has 2 amide bonds. The molecule has 1 atom stereocenters. The minimum Gasteiger partial charge on any atom is -0.458 e. The summed E-state index contributed by atoms with van der Waals surface area (Å²) < 4.78 is 5.20. The molecule has 1 aromatic rings. The van der Waals surface area contributed by atoms with Crippen molar-refractivity contribution in [3.63, 3.8) is 0 Å². The van der Waals surface area contributed by atoms with Crippen molar-refractivity contribution in [3.05, 3.63) is 57.2 Å². The maximum absolute atomic E-state index is 12.4. The zero-order valence-electron chi connectivity index (χ0n) is 12.7. The number of ether oxygens (including phenoxy) is 1. The molecule has 23 heavy (non-hydrogen) atoms. The average Bonchev–Trinajstić information content (AvgIpc) is 2.49. The van der Waals surface area contributed by atoms with Gasteiger partial charge in [-0.25, -0.2) is 9.59 Å². The number of esters is 1. The molecule has 0 radical (unpaired) electrons. The third-order valence-electron chi connectivity index (χ3n) is 3.31. The lowest BCUT2D eigenvalue weighted by Crippen LogP contribution is -2.45. The van der Waals surface area contributed by atoms with Crippen molar-refractivity contribution < 1.29 is 14.3 Å². The zero-order chi connectivity index (χ0) is 17.0. The van der Waals surface area contributed by atoms with Crippen LogP contribution in [0.2, 0.25) is 10.0 Å². The molecule has 0 aliphatic carbocycles. The number of urea groups is 1. The Balaban J connectivity index is 2.37. The normalized spacial score (nSPS) is 17.9. The van der Waals surface area contributed by atoms with Gasteiger partial charge in [-0.15, -0.1) is 0 Å². The van der Waals surface area contributed by atoms with Crippen molar-refractivity contribution in [2.45, 2.75) is 19.9 Å². The maximum Gasteiger partial charge on any atom is 0.338 e. The second-order valence-corrected chi connectivity index (χ2v) is 5.73. The molecule has 2 rings (SSSR count). The highest BCUT2D eigenvalue weighted by molar-refractivity contribution is 6.42. The lowest BCUT2D eigenvalue weighted by atomic mass is 9.95. The van der Waals surface area contributed by atoms with E-state index in [1.165, 1.54) is 0 Å². The first kappa shape index (κ1) is 17.4. The Kier molecular flexibility index (Phi) is 5.69. The van der Waals surface area contributed by atoms with E-state index in [0.29, 0.717) is 26.9 Å². The lowest BCUT2D eigenvalue weighted by Gasteiger charge is -2.28. The van der Waals surface area contributed by atoms with Crippen LogP contribution < -0.4 is 10.6 Å². The summed E-state index contributed by atoms with van der Waals surface area (Å²) in [5.41, 5.74) is 1.41. The molecule has 1 aliphatic rings. The Labute approximate surface area is 144 Å². The van der Waals surface area contributed by atoms with Crippen LogP contribution in [0, 0.1) is 0 Å². The monoisotopic (exact) mass is 354 g/mol. The summed E-state index contributed by atoms with van der Waals surface area (Å²) in [4.78, 5) is 24.1. The van der Waals surface area contributed by atoms with Gasteiger partial charge >= 0.3 is 12.0 Å². The summed E-state index contributed by atoms with van der Waals surface area (Å²) in [6.45, 7) is 3.64. The third-order valence-corrected chi connectivity index (χ3v) is 4.05. The van der Waals surface area contributed by atoms with Gasteiger partial charge in [0.1, 0.15) is 6.61 Å². The lowest BCUT2D eigenvalue weighted by molar-refractivity contribution is -0.138. The molecule has 0 unspecified atom stereocenters. The van der Waals surface area contributed by atoms with Gasteiger partial charge in [-0.05, 0) is 31.5 Å². The van der Waals surface area contributed by atoms with Crippen LogP contribution in [0.1, 0.15) is 25.5 Å². The van der Waals surface area contributed by atoms with E-state index in [0.717, 1.165) is 0 Å². The van der Waals surface area contributed by atoms with Crippen molar-refractivity contribution in [3.8, 4) is 0 Å². The minimum absolute atomic E-state index is 0.161. The molecule has 7 heteroatoms. The number of rotatable bonds is 4. The fourth-order valence-electron chi connectivity index (χ4n) is 2.20. The van der Waals surface area contributed by atoms with Crippen molar-refractivity contribution in [1.82, 2.24) is 10.6 Å². The van der Waals surface area contributed by atoms with Crippen molar-refractivity contribution in [1.29, 1.82) is 0 Å². The zero-order valence-corrected chi connectivity index (χ0v) is 14.2. The first-order valence-electron chi connectivity index (χ1n) is 6.95. The highest BCUT2D eigenvalue weighted by atomic mass is 35.5. The van der Waals surface area contributed by atoms with Gasteiger partial charge in [-0.2, -0.15) is 0 Å². The molecule has 122 valence electrons. The van der Waals surface area contributed by atoms with E-state index in [4.69, 9.17) is 27.9 Å². The Hall–Kier alpha value is -1.98. The number of carbonyl (C=O) groups excluding carboxylic acids is 2. The van der Waals surface area contributed by atoms with Crippen molar-refractivity contribution in [2.24, 2.45) is 0 Å². The molecule has 0 saturated carbocycles. The molecule has 2 N–H and O–H groups in total. The van der Waals surface area contributed by atoms with Crippen LogP contribution in [0.3, 0.4) is 0 Å². The number of hydrogen-bond donors (Lipinski definition) is 2. The molecule has 1 aromatic carbocycles. The smallest absolute Gasteiger partial charge is 0.338 e. The Bertz CT molecular complexity index is 699. The van der Waals surface area contributed by atoms with E-state index < -0.39 is 18.0 Å². The second kappa shape index (κ2) is 7.53. The molecule has 1 heterocycles. The number of nitrogens with one attached hydrogen (secondary N) is 2. The highest BCUT2D eigenvalue weighted by Crippen LogP contribution is 2.31. The fraction of sp³-hybridized carbons (Fsp3) is 0.250. The summed E-state index contributed by atoms with van der Waals surface area (Å²) in [5.74, 6) is -0.510. The van der Waals surface area contributed by atoms with Gasteiger partial charge in [0.05, 0.1) is 21.7 Å². The van der Waals surface area contributed by atoms with Crippen LogP contribution in [0.4, 0.5) is 4.79 Å². The fourth-order valence-corrected chi connectivity index (χ4v) is 2.51. The van der Waals surface area contributed by atoms with Gasteiger partial charge in [-0.3, -0.25) is 0 Å². The van der Waals surface area contributed by atoms with Gasteiger partial charge in [0.25, 0.3) is 0 Å². The van der Waals surface area contributed by atoms with E-state index in [1.807, 2.05) is 6.92 Å². The van der Waals surface area contributed by atoms with E-state index in [1.54, 1.807) is 37.3 Å². The molecule has 1 aliphatic heterocycles. The topological polar surface area (TPSA) is 67.4 Å². The summed E-state index contributed by atoms with van der Waals surface area (Å²) >= 11 is 12.0. The largest absolute Gasteiger partial charge is 0.458 e. The maximum atomic E-state index is 12.4. The standard InChI is InChI=1S/C16H16Cl2N2O3/c1-3-4-7-23-15(21)13-9(2)19-16(22)20-14(13)10-5-6-11(17)12(18)8-10/h3-6,8,14H,7H2,1-2H3,(H2,19,20,22)/b4-3-/t14-/m1/s1. The van der Waals surface area contributed by atoms with Gasteiger partial charge in [0.2, 0.25) is 0 Å². The average molecular weight is 355 g/mol. The van der Waals surface area contributed by atoms with Crippen LogP contribution in [-0.2, 0) is 9.53 Å². The van der Waals surface area contributed by atoms with Crippen LogP contribution in [0.15, 0.2) is 41.6 Å². The van der Waals surface area contributed by atoms with Gasteiger partial charge < -0.3 is 15.4 Å². The summed E-state index contributed by atoms with van der Waals surface area (Å²) in [6, 6.07) is 3.88. The summed E-state index contributed by atoms with van der Waals surface area (Å²) in [7, 11) is 0. The van der Waals surface area contributed by atoms with E-state index in [-0.39, 0.29) is 6.61 Å². The molecule has 0 bridgehead atoms. The van der Waals surface area contributed by atoms with E-state index in [2.05, 4.69) is 10.6 Å². The number of benzene rings is 1. The van der Waals surface area contributed by atoms with Gasteiger partial charge in [0, 0.05) is 5.70 Å². The Morgan fingerprint density at radius 3 is 2.74 bits per heavy atom. The molecule has 5 nitrogen and oxygen atoms in total. The van der Waals surface area contributed by atoms with Crippen LogP contribution in [0.5, 0.6) is 0 Å². The van der Waals surface area contributed by atoms with Crippen molar-refractivity contribution >= 4 is 35.2 Å². The molecule has 0 spiro atoms. The Morgan fingerprint density at radius 1 is 1.35 bits per heavy atom.